The standard InChI is InChI=1S/C20H22FNO3S/c21-17-9-7-16(8-10-17)18-13-19(18)20(23)22-11-4-12-26(24,25)14-15-5-2-1-3-6-15/h1-3,5-10,18-19H,4,11-14H2,(H,22,23). The minimum atomic E-state index is -3.18. The van der Waals surface area contributed by atoms with E-state index in [1.807, 2.05) is 18.2 Å². The fourth-order valence-corrected chi connectivity index (χ4v) is 4.53. The van der Waals surface area contributed by atoms with Gasteiger partial charge in [-0.25, -0.2) is 12.8 Å². The molecule has 6 heteroatoms. The summed E-state index contributed by atoms with van der Waals surface area (Å²) in [6.45, 7) is 0.347. The number of nitrogens with one attached hydrogen (secondary N) is 1. The molecule has 2 unspecified atom stereocenters. The Labute approximate surface area is 153 Å². The van der Waals surface area contributed by atoms with Crippen LogP contribution in [-0.4, -0.2) is 26.6 Å². The first-order valence-electron chi connectivity index (χ1n) is 8.72. The predicted octanol–water partition coefficient (Wildman–Crippen LogP) is 3.05. The van der Waals surface area contributed by atoms with Gasteiger partial charge in [-0.3, -0.25) is 4.79 Å². The number of sulfone groups is 1. The van der Waals surface area contributed by atoms with E-state index in [0.29, 0.717) is 13.0 Å². The quantitative estimate of drug-likeness (QED) is 0.722. The Morgan fingerprint density at radius 3 is 2.46 bits per heavy atom. The third-order valence-corrected chi connectivity index (χ3v) is 6.27. The van der Waals surface area contributed by atoms with Crippen molar-refractivity contribution in [3.05, 3.63) is 71.5 Å². The van der Waals surface area contributed by atoms with E-state index in [1.165, 1.54) is 12.1 Å². The Morgan fingerprint density at radius 1 is 1.08 bits per heavy atom. The van der Waals surface area contributed by atoms with Gasteiger partial charge in [-0.1, -0.05) is 42.5 Å². The molecule has 4 nitrogen and oxygen atoms in total. The number of halogens is 1. The molecule has 0 aromatic heterocycles. The molecule has 0 bridgehead atoms. The molecule has 0 radical (unpaired) electrons. The average Bonchev–Trinajstić information content (AvgIpc) is 3.40. The SMILES string of the molecule is O=C(NCCCS(=O)(=O)Cc1ccccc1)C1CC1c1ccc(F)cc1. The number of benzene rings is 2. The van der Waals surface area contributed by atoms with E-state index in [2.05, 4.69) is 5.32 Å². The summed E-state index contributed by atoms with van der Waals surface area (Å²) in [6.07, 6.45) is 1.15. The van der Waals surface area contributed by atoms with Crippen molar-refractivity contribution < 1.29 is 17.6 Å². The zero-order valence-corrected chi connectivity index (χ0v) is 15.2. The van der Waals surface area contributed by atoms with Crippen LogP contribution in [0.4, 0.5) is 4.39 Å². The molecular formula is C20H22FNO3S. The van der Waals surface area contributed by atoms with Gasteiger partial charge in [0.05, 0.1) is 11.5 Å². The molecule has 1 aliphatic carbocycles. The van der Waals surface area contributed by atoms with Crippen molar-refractivity contribution in [1.29, 1.82) is 0 Å². The maximum Gasteiger partial charge on any atom is 0.223 e. The van der Waals surface area contributed by atoms with Crippen LogP contribution >= 0.6 is 0 Å². The highest BCUT2D eigenvalue weighted by Gasteiger charge is 2.43. The molecule has 0 heterocycles. The summed E-state index contributed by atoms with van der Waals surface area (Å²) in [7, 11) is -3.18. The number of carbonyl (C=O) groups excluding carboxylic acids is 1. The maximum atomic E-state index is 12.9. The lowest BCUT2D eigenvalue weighted by molar-refractivity contribution is -0.122. The summed E-state index contributed by atoms with van der Waals surface area (Å²) < 4.78 is 37.2. The number of hydrogen-bond acceptors (Lipinski definition) is 3. The van der Waals surface area contributed by atoms with Crippen LogP contribution in [0, 0.1) is 11.7 Å². The van der Waals surface area contributed by atoms with Gasteiger partial charge in [0.15, 0.2) is 9.84 Å². The van der Waals surface area contributed by atoms with Crippen LogP contribution < -0.4 is 5.32 Å². The summed E-state index contributed by atoms with van der Waals surface area (Å²) in [5.74, 6) is -0.226. The molecule has 1 amide bonds. The van der Waals surface area contributed by atoms with Crippen molar-refractivity contribution in [1.82, 2.24) is 5.32 Å². The first-order valence-corrected chi connectivity index (χ1v) is 10.5. The Kier molecular flexibility index (Phi) is 5.71. The molecule has 0 aliphatic heterocycles. The zero-order chi connectivity index (χ0) is 18.6. The molecule has 26 heavy (non-hydrogen) atoms. The van der Waals surface area contributed by atoms with Crippen molar-refractivity contribution in [2.24, 2.45) is 5.92 Å². The van der Waals surface area contributed by atoms with Gasteiger partial charge in [-0.2, -0.15) is 0 Å². The average molecular weight is 375 g/mol. The smallest absolute Gasteiger partial charge is 0.223 e. The topological polar surface area (TPSA) is 63.2 Å². The van der Waals surface area contributed by atoms with E-state index >= 15 is 0 Å². The van der Waals surface area contributed by atoms with Crippen LogP contribution in [0.15, 0.2) is 54.6 Å². The molecule has 2 aromatic rings. The first-order chi connectivity index (χ1) is 12.4. The lowest BCUT2D eigenvalue weighted by atomic mass is 10.1. The van der Waals surface area contributed by atoms with Gasteiger partial charge in [0.25, 0.3) is 0 Å². The maximum absolute atomic E-state index is 12.9. The molecule has 1 N–H and O–H groups in total. The molecule has 0 spiro atoms. The Bertz CT molecular complexity index is 850. The van der Waals surface area contributed by atoms with Gasteiger partial charge in [0.2, 0.25) is 5.91 Å². The molecule has 0 saturated heterocycles. The second kappa shape index (κ2) is 7.99. The third kappa shape index (κ3) is 5.14. The molecule has 2 aromatic carbocycles. The molecule has 1 saturated carbocycles. The molecule has 138 valence electrons. The lowest BCUT2D eigenvalue weighted by Gasteiger charge is -2.07. The highest BCUT2D eigenvalue weighted by atomic mass is 32.2. The van der Waals surface area contributed by atoms with E-state index in [4.69, 9.17) is 0 Å². The largest absolute Gasteiger partial charge is 0.356 e. The number of hydrogen-bond donors (Lipinski definition) is 1. The first kappa shape index (κ1) is 18.6. The lowest BCUT2D eigenvalue weighted by Crippen LogP contribution is -2.27. The van der Waals surface area contributed by atoms with Crippen molar-refractivity contribution in [2.75, 3.05) is 12.3 Å². The van der Waals surface area contributed by atoms with Crippen molar-refractivity contribution in [3.63, 3.8) is 0 Å². The summed E-state index contributed by atoms with van der Waals surface area (Å²) in [4.78, 5) is 12.1. The minimum Gasteiger partial charge on any atom is -0.356 e. The van der Waals surface area contributed by atoms with Gasteiger partial charge in [0, 0.05) is 12.5 Å². The fraction of sp³-hybridized carbons (Fsp3) is 0.350. The van der Waals surface area contributed by atoms with Crippen LogP contribution in [0.25, 0.3) is 0 Å². The second-order valence-corrected chi connectivity index (χ2v) is 8.91. The van der Waals surface area contributed by atoms with Gasteiger partial charge >= 0.3 is 0 Å². The highest BCUT2D eigenvalue weighted by Crippen LogP contribution is 2.47. The van der Waals surface area contributed by atoms with Crippen LogP contribution in [0.1, 0.15) is 29.9 Å². The Hall–Kier alpha value is -2.21. The Morgan fingerprint density at radius 2 is 1.77 bits per heavy atom. The normalized spacial score (nSPS) is 19.1. The number of rotatable bonds is 8. The van der Waals surface area contributed by atoms with Crippen LogP contribution in [-0.2, 0) is 20.4 Å². The van der Waals surface area contributed by atoms with Gasteiger partial charge in [-0.05, 0) is 42.0 Å². The van der Waals surface area contributed by atoms with Crippen molar-refractivity contribution in [3.8, 4) is 0 Å². The molecule has 2 atom stereocenters. The van der Waals surface area contributed by atoms with E-state index in [1.54, 1.807) is 24.3 Å². The minimum absolute atomic E-state index is 0.0249. The van der Waals surface area contributed by atoms with Crippen LogP contribution in [0.3, 0.4) is 0 Å². The summed E-state index contributed by atoms with van der Waals surface area (Å²) in [5, 5.41) is 2.81. The second-order valence-electron chi connectivity index (χ2n) is 6.72. The highest BCUT2D eigenvalue weighted by molar-refractivity contribution is 7.90. The van der Waals surface area contributed by atoms with E-state index in [-0.39, 0.29) is 35.1 Å². The summed E-state index contributed by atoms with van der Waals surface area (Å²) in [5.41, 5.74) is 1.74. The Balaban J connectivity index is 1.38. The fourth-order valence-electron chi connectivity index (χ4n) is 3.10. The number of carbonyl (C=O) groups is 1. The zero-order valence-electron chi connectivity index (χ0n) is 14.4. The number of amides is 1. The summed E-state index contributed by atoms with van der Waals surface area (Å²) in [6, 6.07) is 15.3. The van der Waals surface area contributed by atoms with Gasteiger partial charge in [-0.15, -0.1) is 0 Å². The van der Waals surface area contributed by atoms with Gasteiger partial charge in [0.1, 0.15) is 5.82 Å². The van der Waals surface area contributed by atoms with Crippen molar-refractivity contribution in [2.45, 2.75) is 24.5 Å². The third-order valence-electron chi connectivity index (χ3n) is 4.59. The van der Waals surface area contributed by atoms with E-state index in [9.17, 15) is 17.6 Å². The molecule has 1 fully saturated rings. The van der Waals surface area contributed by atoms with E-state index in [0.717, 1.165) is 17.5 Å². The van der Waals surface area contributed by atoms with E-state index < -0.39 is 9.84 Å². The van der Waals surface area contributed by atoms with Crippen LogP contribution in [0.5, 0.6) is 0 Å². The molecule has 3 rings (SSSR count). The molecular weight excluding hydrogens is 353 g/mol. The monoisotopic (exact) mass is 375 g/mol. The van der Waals surface area contributed by atoms with Crippen molar-refractivity contribution >= 4 is 15.7 Å². The van der Waals surface area contributed by atoms with Gasteiger partial charge < -0.3 is 5.32 Å². The van der Waals surface area contributed by atoms with Crippen LogP contribution in [0.2, 0.25) is 0 Å². The molecule has 1 aliphatic rings. The predicted molar refractivity (Wildman–Crippen MR) is 98.8 cm³/mol. The summed E-state index contributed by atoms with van der Waals surface area (Å²) >= 11 is 0.